The lowest BCUT2D eigenvalue weighted by Crippen LogP contribution is -2.48. The average molecular weight is 443 g/mol. The van der Waals surface area contributed by atoms with Crippen molar-refractivity contribution < 1.29 is 19.1 Å². The highest BCUT2D eigenvalue weighted by Gasteiger charge is 2.09. The number of benzene rings is 2. The first kappa shape index (κ1) is 23.8. The summed E-state index contributed by atoms with van der Waals surface area (Å²) in [4.78, 5) is 36.0. The van der Waals surface area contributed by atoms with E-state index in [-0.39, 0.29) is 23.3 Å². The number of amides is 3. The highest BCUT2D eigenvalue weighted by atomic mass is 32.1. The number of anilines is 1. The minimum Gasteiger partial charge on any atom is -0.497 e. The molecule has 4 N–H and O–H groups in total. The standard InChI is InChI=1S/C22H26N4O4S/c1-3-4-5-19(27)23-17-10-8-16(9-11-17)21(29)25-26-22(31)24-20(28)14-15-6-12-18(30-2)13-7-15/h6-13H,3-5,14H2,1-2H3,(H,23,27)(H,25,29)(H2,24,26,28,31). The molecule has 2 rings (SSSR count). The van der Waals surface area contributed by atoms with Gasteiger partial charge in [0.1, 0.15) is 5.75 Å². The lowest BCUT2D eigenvalue weighted by atomic mass is 10.1. The van der Waals surface area contributed by atoms with E-state index in [4.69, 9.17) is 17.0 Å². The molecule has 0 aliphatic rings. The van der Waals surface area contributed by atoms with Gasteiger partial charge in [-0.3, -0.25) is 25.2 Å². The molecule has 0 radical (unpaired) electrons. The van der Waals surface area contributed by atoms with Crippen molar-refractivity contribution in [2.24, 2.45) is 0 Å². The molecular formula is C22H26N4O4S. The third kappa shape index (κ3) is 8.43. The van der Waals surface area contributed by atoms with Gasteiger partial charge in [-0.1, -0.05) is 25.5 Å². The van der Waals surface area contributed by atoms with Crippen LogP contribution in [0.1, 0.15) is 42.1 Å². The van der Waals surface area contributed by atoms with E-state index >= 15 is 0 Å². The van der Waals surface area contributed by atoms with Crippen LogP contribution in [0.15, 0.2) is 48.5 Å². The van der Waals surface area contributed by atoms with Crippen molar-refractivity contribution in [2.45, 2.75) is 32.6 Å². The van der Waals surface area contributed by atoms with Crippen LogP contribution in [0, 0.1) is 0 Å². The molecule has 0 heterocycles. The molecule has 0 aliphatic carbocycles. The fourth-order valence-electron chi connectivity index (χ4n) is 2.58. The molecule has 8 nitrogen and oxygen atoms in total. The van der Waals surface area contributed by atoms with E-state index in [1.807, 2.05) is 6.92 Å². The van der Waals surface area contributed by atoms with E-state index in [2.05, 4.69) is 21.5 Å². The normalized spacial score (nSPS) is 10.0. The summed E-state index contributed by atoms with van der Waals surface area (Å²) in [6.07, 6.45) is 2.37. The minimum atomic E-state index is -0.435. The van der Waals surface area contributed by atoms with Gasteiger partial charge in [-0.25, -0.2) is 0 Å². The van der Waals surface area contributed by atoms with Crippen molar-refractivity contribution in [1.82, 2.24) is 16.2 Å². The highest BCUT2D eigenvalue weighted by molar-refractivity contribution is 7.80. The van der Waals surface area contributed by atoms with Crippen LogP contribution in [0.3, 0.4) is 0 Å². The number of unbranched alkanes of at least 4 members (excludes halogenated alkanes) is 1. The van der Waals surface area contributed by atoms with Gasteiger partial charge in [-0.2, -0.15) is 0 Å². The van der Waals surface area contributed by atoms with Crippen LogP contribution >= 0.6 is 12.2 Å². The van der Waals surface area contributed by atoms with Crippen LogP contribution in [0.25, 0.3) is 0 Å². The fraction of sp³-hybridized carbons (Fsp3) is 0.273. The molecule has 9 heteroatoms. The number of nitrogens with one attached hydrogen (secondary N) is 4. The van der Waals surface area contributed by atoms with Crippen LogP contribution < -0.4 is 26.2 Å². The van der Waals surface area contributed by atoms with E-state index in [0.29, 0.717) is 23.4 Å². The summed E-state index contributed by atoms with van der Waals surface area (Å²) in [6.45, 7) is 2.02. The Balaban J connectivity index is 1.75. The van der Waals surface area contributed by atoms with Crippen LogP contribution in [0.5, 0.6) is 5.75 Å². The predicted molar refractivity (Wildman–Crippen MR) is 123 cm³/mol. The molecule has 0 saturated heterocycles. The van der Waals surface area contributed by atoms with Crippen molar-refractivity contribution in [3.8, 4) is 5.75 Å². The van der Waals surface area contributed by atoms with E-state index in [0.717, 1.165) is 18.4 Å². The number of hydrazine groups is 1. The van der Waals surface area contributed by atoms with Crippen molar-refractivity contribution in [3.05, 3.63) is 59.7 Å². The molecule has 0 unspecified atom stereocenters. The van der Waals surface area contributed by atoms with Crippen LogP contribution in [-0.4, -0.2) is 29.9 Å². The van der Waals surface area contributed by atoms with E-state index in [9.17, 15) is 14.4 Å². The number of rotatable bonds is 8. The van der Waals surface area contributed by atoms with Gasteiger partial charge in [-0.05, 0) is 60.6 Å². The molecule has 2 aromatic rings. The lowest BCUT2D eigenvalue weighted by Gasteiger charge is -2.11. The zero-order valence-corrected chi connectivity index (χ0v) is 18.3. The number of carbonyl (C=O) groups is 3. The van der Waals surface area contributed by atoms with Gasteiger partial charge >= 0.3 is 0 Å². The van der Waals surface area contributed by atoms with E-state index in [1.165, 1.54) is 0 Å². The summed E-state index contributed by atoms with van der Waals surface area (Å²) in [7, 11) is 1.57. The van der Waals surface area contributed by atoms with Crippen LogP contribution in [0.2, 0.25) is 0 Å². The molecule has 0 spiro atoms. The minimum absolute atomic E-state index is 0.0216. The fourth-order valence-corrected chi connectivity index (χ4v) is 2.75. The van der Waals surface area contributed by atoms with Gasteiger partial charge in [0.05, 0.1) is 13.5 Å². The Kier molecular flexibility index (Phi) is 9.44. The van der Waals surface area contributed by atoms with Crippen molar-refractivity contribution in [3.63, 3.8) is 0 Å². The topological polar surface area (TPSA) is 109 Å². The molecule has 164 valence electrons. The maximum atomic E-state index is 12.2. The maximum Gasteiger partial charge on any atom is 0.269 e. The number of ether oxygens (including phenoxy) is 1. The lowest BCUT2D eigenvalue weighted by molar-refractivity contribution is -0.119. The number of hydrogen-bond acceptors (Lipinski definition) is 5. The summed E-state index contributed by atoms with van der Waals surface area (Å²) < 4.78 is 5.08. The second kappa shape index (κ2) is 12.3. The Labute approximate surface area is 186 Å². The molecule has 31 heavy (non-hydrogen) atoms. The van der Waals surface area contributed by atoms with Gasteiger partial charge in [0.25, 0.3) is 5.91 Å². The maximum absolute atomic E-state index is 12.2. The molecule has 0 aliphatic heterocycles. The Morgan fingerprint density at radius 2 is 1.61 bits per heavy atom. The number of carbonyl (C=O) groups excluding carboxylic acids is 3. The zero-order valence-electron chi connectivity index (χ0n) is 17.5. The smallest absolute Gasteiger partial charge is 0.269 e. The van der Waals surface area contributed by atoms with Crippen LogP contribution in [0.4, 0.5) is 5.69 Å². The largest absolute Gasteiger partial charge is 0.497 e. The molecule has 0 aromatic heterocycles. The summed E-state index contributed by atoms with van der Waals surface area (Å²) >= 11 is 5.03. The van der Waals surface area contributed by atoms with E-state index in [1.54, 1.807) is 55.6 Å². The first-order valence-electron chi connectivity index (χ1n) is 9.84. The highest BCUT2D eigenvalue weighted by Crippen LogP contribution is 2.12. The van der Waals surface area contributed by atoms with Crippen molar-refractivity contribution >= 4 is 40.7 Å². The number of hydrogen-bond donors (Lipinski definition) is 4. The number of methoxy groups -OCH3 is 1. The predicted octanol–water partition coefficient (Wildman–Crippen LogP) is 2.70. The third-order valence-corrected chi connectivity index (χ3v) is 4.46. The Morgan fingerprint density at radius 3 is 2.23 bits per heavy atom. The second-order valence-electron chi connectivity index (χ2n) is 6.71. The van der Waals surface area contributed by atoms with Gasteiger partial charge in [-0.15, -0.1) is 0 Å². The molecule has 0 atom stereocenters. The number of thiocarbonyl (C=S) groups is 1. The summed E-state index contributed by atoms with van der Waals surface area (Å²) in [5.74, 6) is -0.108. The first-order valence-corrected chi connectivity index (χ1v) is 10.2. The Morgan fingerprint density at radius 1 is 0.935 bits per heavy atom. The Bertz CT molecular complexity index is 914. The SMILES string of the molecule is CCCCC(=O)Nc1ccc(C(=O)NNC(=S)NC(=O)Cc2ccc(OC)cc2)cc1. The van der Waals surface area contributed by atoms with E-state index < -0.39 is 5.91 Å². The molecular weight excluding hydrogens is 416 g/mol. The summed E-state index contributed by atoms with van der Waals surface area (Å²) in [6, 6.07) is 13.6. The summed E-state index contributed by atoms with van der Waals surface area (Å²) in [5.41, 5.74) is 6.70. The van der Waals surface area contributed by atoms with Gasteiger partial charge in [0.2, 0.25) is 11.8 Å². The average Bonchev–Trinajstić information content (AvgIpc) is 2.77. The Hall–Kier alpha value is -3.46. The summed E-state index contributed by atoms with van der Waals surface area (Å²) in [5, 5.41) is 5.26. The van der Waals surface area contributed by atoms with Crippen molar-refractivity contribution in [2.75, 3.05) is 12.4 Å². The molecule has 3 amide bonds. The van der Waals surface area contributed by atoms with Gasteiger partial charge in [0, 0.05) is 17.7 Å². The quantitative estimate of drug-likeness (QED) is 0.370. The molecule has 0 saturated carbocycles. The van der Waals surface area contributed by atoms with Crippen LogP contribution in [-0.2, 0) is 16.0 Å². The molecule has 0 bridgehead atoms. The van der Waals surface area contributed by atoms with Crippen molar-refractivity contribution in [1.29, 1.82) is 0 Å². The van der Waals surface area contributed by atoms with Gasteiger partial charge in [0.15, 0.2) is 5.11 Å². The third-order valence-electron chi connectivity index (χ3n) is 4.25. The second-order valence-corrected chi connectivity index (χ2v) is 7.12. The zero-order chi connectivity index (χ0) is 22.6. The molecule has 2 aromatic carbocycles. The first-order chi connectivity index (χ1) is 14.9. The molecule has 0 fully saturated rings. The monoisotopic (exact) mass is 442 g/mol. The van der Waals surface area contributed by atoms with Gasteiger partial charge < -0.3 is 15.4 Å².